The minimum Gasteiger partial charge on any atom is -0.444 e. The van der Waals surface area contributed by atoms with Crippen molar-refractivity contribution in [1.29, 1.82) is 5.26 Å². The monoisotopic (exact) mass is 582 g/mol. The number of likely N-dealkylation sites (tertiary alicyclic amines) is 1. The number of piperazine rings is 1. The van der Waals surface area contributed by atoms with Crippen LogP contribution in [0.4, 0.5) is 10.6 Å². The van der Waals surface area contributed by atoms with E-state index in [9.17, 15) is 14.9 Å². The lowest BCUT2D eigenvalue weighted by Crippen LogP contribution is -2.51. The highest BCUT2D eigenvalue weighted by molar-refractivity contribution is 5.83. The molecule has 0 N–H and O–H groups in total. The molecule has 0 radical (unpaired) electrons. The molecule has 43 heavy (non-hydrogen) atoms. The van der Waals surface area contributed by atoms with Crippen LogP contribution in [0.3, 0.4) is 0 Å². The Morgan fingerprint density at radius 1 is 0.977 bits per heavy atom. The third kappa shape index (κ3) is 5.73. The maximum absolute atomic E-state index is 13.2. The maximum atomic E-state index is 13.2. The Kier molecular flexibility index (Phi) is 7.21. The quantitative estimate of drug-likeness (QED) is 0.355. The third-order valence-corrected chi connectivity index (χ3v) is 7.74. The van der Waals surface area contributed by atoms with Gasteiger partial charge in [0.15, 0.2) is 0 Å². The number of carbonyl (C=O) groups excluding carboxylic acids is 2. The van der Waals surface area contributed by atoms with Gasteiger partial charge in [-0.1, -0.05) is 0 Å². The fraction of sp³-hybridized carbons (Fsp3) is 0.433. The molecule has 13 nitrogen and oxygen atoms in total. The number of anilines is 1. The Labute approximate surface area is 249 Å². The number of hydrogen-bond acceptors (Lipinski definition) is 9. The molecule has 0 spiro atoms. The van der Waals surface area contributed by atoms with Crippen LogP contribution in [-0.4, -0.2) is 96.0 Å². The Morgan fingerprint density at radius 2 is 1.77 bits per heavy atom. The van der Waals surface area contributed by atoms with E-state index < -0.39 is 5.60 Å². The van der Waals surface area contributed by atoms with Crippen LogP contribution in [0.5, 0.6) is 0 Å². The highest BCUT2D eigenvalue weighted by Crippen LogP contribution is 2.30. The number of hydrogen-bond donors (Lipinski definition) is 0. The van der Waals surface area contributed by atoms with Gasteiger partial charge in [0.05, 0.1) is 35.9 Å². The molecule has 4 aromatic heterocycles. The molecule has 222 valence electrons. The topological polar surface area (TPSA) is 138 Å². The van der Waals surface area contributed by atoms with Gasteiger partial charge in [0.2, 0.25) is 5.91 Å². The van der Waals surface area contributed by atoms with Gasteiger partial charge in [-0.2, -0.15) is 15.5 Å². The summed E-state index contributed by atoms with van der Waals surface area (Å²) in [6.07, 6.45) is 9.00. The summed E-state index contributed by atoms with van der Waals surface area (Å²) in [6.45, 7) is 8.92. The summed E-state index contributed by atoms with van der Waals surface area (Å²) < 4.78 is 8.85. The smallest absolute Gasteiger partial charge is 0.410 e. The van der Waals surface area contributed by atoms with Gasteiger partial charge in [-0.05, 0) is 39.3 Å². The van der Waals surface area contributed by atoms with E-state index in [0.29, 0.717) is 68.2 Å². The van der Waals surface area contributed by atoms with Crippen molar-refractivity contribution >= 4 is 23.3 Å². The second-order valence-corrected chi connectivity index (χ2v) is 12.0. The second kappa shape index (κ2) is 11.0. The lowest BCUT2D eigenvalue weighted by atomic mass is 10.1. The zero-order chi connectivity index (χ0) is 30.3. The molecular weight excluding hydrogens is 548 g/mol. The molecule has 2 aliphatic rings. The molecule has 0 unspecified atom stereocenters. The first kappa shape index (κ1) is 28.1. The van der Waals surface area contributed by atoms with Crippen LogP contribution in [0.25, 0.3) is 28.0 Å². The SMILES string of the molecule is Cn1cc(-c2cn3ncc(C#N)c3c(-c3ccc(N4CCN(C(=O)[C@@H]5CCN(C(=O)OC(C)(C)C)C5)CC4)nc3)n2)cn1. The average molecular weight is 583 g/mol. The fourth-order valence-corrected chi connectivity index (χ4v) is 5.57. The van der Waals surface area contributed by atoms with E-state index in [2.05, 4.69) is 21.2 Å². The van der Waals surface area contributed by atoms with Crippen molar-refractivity contribution in [3.8, 4) is 28.6 Å². The summed E-state index contributed by atoms with van der Waals surface area (Å²) in [7, 11) is 1.85. The van der Waals surface area contributed by atoms with E-state index in [-0.39, 0.29) is 17.9 Å². The van der Waals surface area contributed by atoms with Crippen molar-refractivity contribution < 1.29 is 14.3 Å². The second-order valence-electron chi connectivity index (χ2n) is 12.0. The van der Waals surface area contributed by atoms with Gasteiger partial charge < -0.3 is 19.4 Å². The Hall–Kier alpha value is -4.99. The Bertz CT molecular complexity index is 1700. The van der Waals surface area contributed by atoms with E-state index in [1.54, 1.807) is 32.7 Å². The number of nitrogens with zero attached hydrogens (tertiary/aromatic N) is 10. The summed E-state index contributed by atoms with van der Waals surface area (Å²) in [5, 5.41) is 18.3. The van der Waals surface area contributed by atoms with Gasteiger partial charge in [0.1, 0.15) is 28.6 Å². The van der Waals surface area contributed by atoms with Crippen LogP contribution in [0.2, 0.25) is 0 Å². The molecule has 2 saturated heterocycles. The number of ether oxygens (including phenoxy) is 1. The van der Waals surface area contributed by atoms with E-state index in [1.807, 2.05) is 51.0 Å². The molecule has 0 saturated carbocycles. The van der Waals surface area contributed by atoms with Gasteiger partial charge in [-0.25, -0.2) is 19.3 Å². The molecule has 2 amide bonds. The van der Waals surface area contributed by atoms with Gasteiger partial charge >= 0.3 is 6.09 Å². The summed E-state index contributed by atoms with van der Waals surface area (Å²) >= 11 is 0. The summed E-state index contributed by atoms with van der Waals surface area (Å²) in [4.78, 5) is 41.0. The number of pyridine rings is 1. The number of fused-ring (bicyclic) bond motifs is 1. The van der Waals surface area contributed by atoms with Crippen LogP contribution < -0.4 is 4.90 Å². The highest BCUT2D eigenvalue weighted by Gasteiger charge is 2.36. The standard InChI is InChI=1S/C30H34N10O3/c1-30(2,3)43-29(42)39-8-7-21(18-39)28(41)38-11-9-37(10-12-38)25-6-5-20(14-32-25)26-27-22(13-31)15-34-40(27)19-24(35-26)23-16-33-36(4)17-23/h5-6,14-17,19,21H,7-12,18H2,1-4H3/t21-/m1/s1. The van der Waals surface area contributed by atoms with E-state index in [4.69, 9.17) is 14.7 Å². The molecule has 1 atom stereocenters. The maximum Gasteiger partial charge on any atom is 0.410 e. The largest absolute Gasteiger partial charge is 0.444 e. The predicted molar refractivity (Wildman–Crippen MR) is 158 cm³/mol. The number of nitriles is 1. The van der Waals surface area contributed by atoms with Crippen molar-refractivity contribution in [3.05, 3.63) is 48.7 Å². The summed E-state index contributed by atoms with van der Waals surface area (Å²) in [5.41, 5.74) is 3.39. The van der Waals surface area contributed by atoms with Crippen LogP contribution in [0, 0.1) is 17.2 Å². The average Bonchev–Trinajstić information content (AvgIpc) is 3.75. The Morgan fingerprint density at radius 3 is 2.42 bits per heavy atom. The van der Waals surface area contributed by atoms with Gasteiger partial charge in [-0.15, -0.1) is 0 Å². The molecule has 4 aromatic rings. The first-order valence-corrected chi connectivity index (χ1v) is 14.4. The number of rotatable bonds is 4. The predicted octanol–water partition coefficient (Wildman–Crippen LogP) is 2.97. The number of amides is 2. The first-order valence-electron chi connectivity index (χ1n) is 14.4. The molecule has 13 heteroatoms. The molecule has 0 aliphatic carbocycles. The molecule has 2 aliphatic heterocycles. The van der Waals surface area contributed by atoms with Crippen molar-refractivity contribution in [1.82, 2.24) is 39.2 Å². The van der Waals surface area contributed by atoms with Crippen LogP contribution >= 0.6 is 0 Å². The molecule has 0 bridgehead atoms. The van der Waals surface area contributed by atoms with E-state index in [1.165, 1.54) is 6.20 Å². The third-order valence-electron chi connectivity index (χ3n) is 7.74. The zero-order valence-electron chi connectivity index (χ0n) is 24.8. The van der Waals surface area contributed by atoms with Crippen molar-refractivity contribution in [2.24, 2.45) is 13.0 Å². The highest BCUT2D eigenvalue weighted by atomic mass is 16.6. The molecule has 6 heterocycles. The summed E-state index contributed by atoms with van der Waals surface area (Å²) in [5.74, 6) is 0.693. The zero-order valence-corrected chi connectivity index (χ0v) is 24.8. The first-order chi connectivity index (χ1) is 20.6. The molecule has 6 rings (SSSR count). The minimum atomic E-state index is -0.562. The fourth-order valence-electron chi connectivity index (χ4n) is 5.57. The van der Waals surface area contributed by atoms with E-state index in [0.717, 1.165) is 16.9 Å². The van der Waals surface area contributed by atoms with Gasteiger partial charge in [0, 0.05) is 69.8 Å². The minimum absolute atomic E-state index is 0.0895. The molecule has 0 aromatic carbocycles. The number of aryl methyl sites for hydroxylation is 1. The summed E-state index contributed by atoms with van der Waals surface area (Å²) in [6, 6.07) is 6.11. The number of aromatic nitrogens is 6. The van der Waals surface area contributed by atoms with Gasteiger partial charge in [0.25, 0.3) is 0 Å². The van der Waals surface area contributed by atoms with Crippen molar-refractivity contribution in [3.63, 3.8) is 0 Å². The lowest BCUT2D eigenvalue weighted by molar-refractivity contribution is -0.135. The van der Waals surface area contributed by atoms with Crippen molar-refractivity contribution in [2.45, 2.75) is 32.8 Å². The molecule has 2 fully saturated rings. The van der Waals surface area contributed by atoms with Crippen molar-refractivity contribution in [2.75, 3.05) is 44.2 Å². The van der Waals surface area contributed by atoms with Crippen LogP contribution in [-0.2, 0) is 16.6 Å². The van der Waals surface area contributed by atoms with Gasteiger partial charge in [-0.3, -0.25) is 9.48 Å². The lowest BCUT2D eigenvalue weighted by Gasteiger charge is -2.36. The van der Waals surface area contributed by atoms with Crippen LogP contribution in [0.15, 0.2) is 43.1 Å². The van der Waals surface area contributed by atoms with Crippen LogP contribution in [0.1, 0.15) is 32.8 Å². The normalized spacial score (nSPS) is 17.4. The van der Waals surface area contributed by atoms with E-state index >= 15 is 0 Å². The number of carbonyl (C=O) groups is 2. The Balaban J connectivity index is 1.13. The molecular formula is C30H34N10O3.